The van der Waals surface area contributed by atoms with Crippen molar-refractivity contribution in [2.75, 3.05) is 0 Å². The summed E-state index contributed by atoms with van der Waals surface area (Å²) >= 11 is 1.43. The average Bonchev–Trinajstić information content (AvgIpc) is 3.20. The molecule has 3 unspecified atom stereocenters. The molecule has 2 N–H and O–H groups in total. The number of hydrogen-bond acceptors (Lipinski definition) is 6. The Morgan fingerprint density at radius 1 is 1.30 bits per heavy atom. The van der Waals surface area contributed by atoms with Crippen LogP contribution in [0.25, 0.3) is 11.2 Å². The standard InChI is InChI=1S/C24H36N6O2S/c1-14-27-30(21(33-14)19(25)31)18-12-15(10-11-24(18,5)6)16-8-9-17-20(26-16)28(7)22(32)29(17)13-23(2,3)4/h8-9,15,18,21H,10-13H2,1-7H3,(H2,25,31). The first-order valence-corrected chi connectivity index (χ1v) is 12.5. The number of thioether (sulfide) groups is 1. The van der Waals surface area contributed by atoms with E-state index < -0.39 is 5.37 Å². The predicted molar refractivity (Wildman–Crippen MR) is 134 cm³/mol. The minimum atomic E-state index is -0.462. The lowest BCUT2D eigenvalue weighted by atomic mass is 9.68. The molecule has 180 valence electrons. The van der Waals surface area contributed by atoms with Gasteiger partial charge in [0.05, 0.1) is 16.6 Å². The summed E-state index contributed by atoms with van der Waals surface area (Å²) in [5, 5.41) is 7.03. The molecule has 4 rings (SSSR count). The Labute approximate surface area is 199 Å². The minimum Gasteiger partial charge on any atom is -0.367 e. The highest BCUT2D eigenvalue weighted by Crippen LogP contribution is 2.47. The number of hydrogen-bond donors (Lipinski definition) is 1. The van der Waals surface area contributed by atoms with Crippen LogP contribution in [0.5, 0.6) is 0 Å². The van der Waals surface area contributed by atoms with Crippen LogP contribution in [0.1, 0.15) is 72.4 Å². The van der Waals surface area contributed by atoms with Crippen molar-refractivity contribution in [3.63, 3.8) is 0 Å². The number of fused-ring (bicyclic) bond motifs is 1. The predicted octanol–water partition coefficient (Wildman–Crippen LogP) is 3.64. The zero-order valence-corrected chi connectivity index (χ0v) is 21.6. The number of primary amides is 1. The van der Waals surface area contributed by atoms with Gasteiger partial charge in [-0.1, -0.05) is 46.4 Å². The lowest BCUT2D eigenvalue weighted by Crippen LogP contribution is -2.51. The Morgan fingerprint density at radius 2 is 2.00 bits per heavy atom. The van der Waals surface area contributed by atoms with Crippen molar-refractivity contribution >= 4 is 33.9 Å². The number of nitrogens with zero attached hydrogens (tertiary/aromatic N) is 5. The van der Waals surface area contributed by atoms with Crippen LogP contribution in [0.4, 0.5) is 0 Å². The van der Waals surface area contributed by atoms with E-state index in [4.69, 9.17) is 15.8 Å². The van der Waals surface area contributed by atoms with Crippen LogP contribution in [-0.4, -0.2) is 41.5 Å². The van der Waals surface area contributed by atoms with Gasteiger partial charge in [-0.2, -0.15) is 5.10 Å². The fraction of sp³-hybridized carbons (Fsp3) is 0.667. The van der Waals surface area contributed by atoms with Gasteiger partial charge >= 0.3 is 5.69 Å². The van der Waals surface area contributed by atoms with E-state index in [1.54, 1.807) is 11.6 Å². The van der Waals surface area contributed by atoms with Crippen molar-refractivity contribution < 1.29 is 4.79 Å². The first kappa shape index (κ1) is 23.9. The molecule has 3 heterocycles. The molecule has 0 aromatic carbocycles. The summed E-state index contributed by atoms with van der Waals surface area (Å²) in [6.07, 6.45) is 2.83. The second-order valence-electron chi connectivity index (χ2n) is 11.4. The molecule has 1 saturated carbocycles. The number of aryl methyl sites for hydroxylation is 1. The van der Waals surface area contributed by atoms with Gasteiger partial charge in [0.15, 0.2) is 11.0 Å². The average molecular weight is 473 g/mol. The van der Waals surface area contributed by atoms with Crippen LogP contribution in [0.3, 0.4) is 0 Å². The zero-order valence-electron chi connectivity index (χ0n) is 20.8. The minimum absolute atomic E-state index is 0.00806. The summed E-state index contributed by atoms with van der Waals surface area (Å²) < 4.78 is 3.48. The summed E-state index contributed by atoms with van der Waals surface area (Å²) in [5.74, 6) is -0.128. The third-order valence-electron chi connectivity index (χ3n) is 6.94. The SMILES string of the molecule is CC1=NN(C2CC(c3ccc4c(n3)n(C)c(=O)n4CC(C)(C)C)CCC2(C)C)C(C(N)=O)S1. The highest BCUT2D eigenvalue weighted by Gasteiger charge is 2.46. The lowest BCUT2D eigenvalue weighted by Gasteiger charge is -2.46. The molecule has 2 aliphatic rings. The quantitative estimate of drug-likeness (QED) is 0.733. The summed E-state index contributed by atoms with van der Waals surface area (Å²) in [6.45, 7) is 13.4. The molecule has 0 bridgehead atoms. The van der Waals surface area contributed by atoms with Crippen molar-refractivity contribution in [2.24, 2.45) is 28.7 Å². The van der Waals surface area contributed by atoms with Crippen LogP contribution < -0.4 is 11.4 Å². The molecule has 1 fully saturated rings. The van der Waals surface area contributed by atoms with E-state index in [-0.39, 0.29) is 34.4 Å². The van der Waals surface area contributed by atoms with E-state index in [0.717, 1.165) is 41.2 Å². The number of imidazole rings is 1. The maximum Gasteiger partial charge on any atom is 0.330 e. The van der Waals surface area contributed by atoms with Crippen LogP contribution in [0, 0.1) is 10.8 Å². The highest BCUT2D eigenvalue weighted by atomic mass is 32.2. The maximum absolute atomic E-state index is 12.9. The molecule has 0 spiro atoms. The van der Waals surface area contributed by atoms with E-state index in [2.05, 4.69) is 40.7 Å². The third-order valence-corrected chi connectivity index (χ3v) is 8.04. The molecule has 2 aromatic heterocycles. The number of aromatic nitrogens is 3. The van der Waals surface area contributed by atoms with Gasteiger partial charge in [0.25, 0.3) is 5.91 Å². The van der Waals surface area contributed by atoms with Crippen molar-refractivity contribution in [3.8, 4) is 0 Å². The molecular weight excluding hydrogens is 436 g/mol. The second-order valence-corrected chi connectivity index (χ2v) is 12.7. The summed E-state index contributed by atoms with van der Waals surface area (Å²) in [7, 11) is 1.80. The van der Waals surface area contributed by atoms with Crippen LogP contribution in [-0.2, 0) is 18.4 Å². The molecule has 8 nitrogen and oxygen atoms in total. The van der Waals surface area contributed by atoms with Crippen LogP contribution >= 0.6 is 11.8 Å². The van der Waals surface area contributed by atoms with Crippen LogP contribution in [0.2, 0.25) is 0 Å². The first-order chi connectivity index (χ1) is 15.3. The normalized spacial score (nSPS) is 25.5. The molecule has 2 aromatic rings. The molecular formula is C24H36N6O2S. The number of pyridine rings is 1. The number of nitrogens with two attached hydrogens (primary N) is 1. The van der Waals surface area contributed by atoms with Gasteiger partial charge in [-0.15, -0.1) is 0 Å². The van der Waals surface area contributed by atoms with E-state index in [9.17, 15) is 9.59 Å². The topological polar surface area (TPSA) is 98.5 Å². The smallest absolute Gasteiger partial charge is 0.330 e. The highest BCUT2D eigenvalue weighted by molar-refractivity contribution is 8.15. The molecule has 1 aliphatic heterocycles. The van der Waals surface area contributed by atoms with Gasteiger partial charge < -0.3 is 5.73 Å². The Balaban J connectivity index is 1.68. The molecule has 0 saturated heterocycles. The summed E-state index contributed by atoms with van der Waals surface area (Å²) in [4.78, 5) is 30.0. The van der Waals surface area contributed by atoms with E-state index in [1.165, 1.54) is 11.8 Å². The zero-order chi connectivity index (χ0) is 24.3. The van der Waals surface area contributed by atoms with Crippen LogP contribution in [0.15, 0.2) is 22.0 Å². The monoisotopic (exact) mass is 472 g/mol. The summed E-state index contributed by atoms with van der Waals surface area (Å²) in [5.41, 5.74) is 8.25. The first-order valence-electron chi connectivity index (χ1n) is 11.6. The maximum atomic E-state index is 12.9. The fourth-order valence-corrected chi connectivity index (χ4v) is 6.05. The van der Waals surface area contributed by atoms with Gasteiger partial charge in [0, 0.05) is 25.2 Å². The third kappa shape index (κ3) is 4.44. The Hall–Kier alpha value is -2.29. The number of hydrazone groups is 1. The Bertz CT molecular complexity index is 1170. The van der Waals surface area contributed by atoms with Gasteiger partial charge in [0.1, 0.15) is 0 Å². The van der Waals surface area contributed by atoms with Gasteiger partial charge in [-0.3, -0.25) is 18.9 Å². The molecule has 33 heavy (non-hydrogen) atoms. The summed E-state index contributed by atoms with van der Waals surface area (Å²) in [6, 6.07) is 4.19. The van der Waals surface area contributed by atoms with Crippen molar-refractivity contribution in [3.05, 3.63) is 28.3 Å². The van der Waals surface area contributed by atoms with Gasteiger partial charge in [-0.05, 0) is 49.1 Å². The van der Waals surface area contributed by atoms with E-state index in [1.807, 2.05) is 22.6 Å². The molecule has 9 heteroatoms. The van der Waals surface area contributed by atoms with Gasteiger partial charge in [0.2, 0.25) is 0 Å². The number of carbonyl (C=O) groups excluding carboxylic acids is 1. The molecule has 1 amide bonds. The Kier molecular flexibility index (Phi) is 5.91. The lowest BCUT2D eigenvalue weighted by molar-refractivity contribution is -0.122. The molecule has 0 radical (unpaired) electrons. The van der Waals surface area contributed by atoms with Crippen molar-refractivity contribution in [1.82, 2.24) is 19.1 Å². The van der Waals surface area contributed by atoms with Crippen molar-refractivity contribution in [1.29, 1.82) is 0 Å². The van der Waals surface area contributed by atoms with E-state index >= 15 is 0 Å². The number of amides is 1. The second kappa shape index (κ2) is 8.18. The Morgan fingerprint density at radius 3 is 2.64 bits per heavy atom. The van der Waals surface area contributed by atoms with Crippen molar-refractivity contribution in [2.45, 2.75) is 84.7 Å². The van der Waals surface area contributed by atoms with E-state index in [0.29, 0.717) is 6.54 Å². The molecule has 1 aliphatic carbocycles. The van der Waals surface area contributed by atoms with Gasteiger partial charge in [-0.25, -0.2) is 9.78 Å². The number of rotatable bonds is 4. The largest absolute Gasteiger partial charge is 0.367 e. The fourth-order valence-electron chi connectivity index (χ4n) is 5.17. The number of carbonyl (C=O) groups is 1. The molecule has 3 atom stereocenters.